The quantitative estimate of drug-likeness (QED) is 0.866. The fourth-order valence-electron chi connectivity index (χ4n) is 2.49. The lowest BCUT2D eigenvalue weighted by atomic mass is 9.99. The summed E-state index contributed by atoms with van der Waals surface area (Å²) in [6.07, 6.45) is 2.06. The lowest BCUT2D eigenvalue weighted by molar-refractivity contribution is 0.00497. The first-order chi connectivity index (χ1) is 9.63. The summed E-state index contributed by atoms with van der Waals surface area (Å²) < 4.78 is 5.56. The molecule has 1 unspecified atom stereocenters. The van der Waals surface area contributed by atoms with Gasteiger partial charge < -0.3 is 14.7 Å². The first-order valence-corrected chi connectivity index (χ1v) is 7.74. The van der Waals surface area contributed by atoms with Gasteiger partial charge >= 0.3 is 0 Å². The third-order valence-corrected chi connectivity index (χ3v) is 4.09. The van der Waals surface area contributed by atoms with Gasteiger partial charge in [-0.05, 0) is 49.5 Å². The Hall–Kier alpha value is -0.320. The van der Waals surface area contributed by atoms with E-state index >= 15 is 0 Å². The normalized spacial score (nSPS) is 18.2. The van der Waals surface area contributed by atoms with E-state index in [0.29, 0.717) is 19.8 Å². The van der Waals surface area contributed by atoms with Crippen LogP contribution in [0.15, 0.2) is 24.3 Å². The molecule has 0 radical (unpaired) electrons. The van der Waals surface area contributed by atoms with Crippen LogP contribution in [0.5, 0.6) is 0 Å². The van der Waals surface area contributed by atoms with Crippen molar-refractivity contribution in [3.05, 3.63) is 34.9 Å². The minimum atomic E-state index is -0.407. The van der Waals surface area contributed by atoms with Crippen molar-refractivity contribution in [3.63, 3.8) is 0 Å². The molecule has 0 aromatic heterocycles. The zero-order chi connectivity index (χ0) is 14.4. The average Bonchev–Trinajstić information content (AvgIpc) is 2.44. The molecule has 1 N–H and O–H groups in total. The summed E-state index contributed by atoms with van der Waals surface area (Å²) in [5.41, 5.74) is 1.08. The van der Waals surface area contributed by atoms with E-state index in [1.807, 2.05) is 24.3 Å². The smallest absolute Gasteiger partial charge is 0.0900 e. The van der Waals surface area contributed by atoms with E-state index in [1.165, 1.54) is 12.8 Å². The Labute approximate surface area is 138 Å². The number of aliphatic hydroxyl groups is 1. The number of piperidine rings is 1. The molecule has 1 atom stereocenters. The second-order valence-corrected chi connectivity index (χ2v) is 6.21. The van der Waals surface area contributed by atoms with Gasteiger partial charge in [0.2, 0.25) is 0 Å². The molecule has 1 fully saturated rings. The summed E-state index contributed by atoms with van der Waals surface area (Å²) in [5.74, 6) is 0.824. The predicted molar refractivity (Wildman–Crippen MR) is 89.2 cm³/mol. The molecule has 2 rings (SSSR count). The lowest BCUT2D eigenvalue weighted by Gasteiger charge is -2.31. The van der Waals surface area contributed by atoms with Crippen LogP contribution in [0.2, 0.25) is 5.02 Å². The Morgan fingerprint density at radius 2 is 1.90 bits per heavy atom. The molecule has 5 heteroatoms. The monoisotopic (exact) mass is 333 g/mol. The van der Waals surface area contributed by atoms with Crippen LogP contribution in [0.25, 0.3) is 0 Å². The highest BCUT2D eigenvalue weighted by molar-refractivity contribution is 6.30. The number of nitrogens with zero attached hydrogens (tertiary/aromatic N) is 1. The minimum Gasteiger partial charge on any atom is -0.389 e. The first kappa shape index (κ1) is 18.7. The van der Waals surface area contributed by atoms with Crippen molar-refractivity contribution in [1.82, 2.24) is 4.90 Å². The fraction of sp³-hybridized carbons (Fsp3) is 0.625. The zero-order valence-electron chi connectivity index (χ0n) is 12.5. The SMILES string of the molecule is CC1CCN(CC(O)COCc2ccc(Cl)cc2)CC1.Cl. The lowest BCUT2D eigenvalue weighted by Crippen LogP contribution is -2.39. The van der Waals surface area contributed by atoms with E-state index in [2.05, 4.69) is 11.8 Å². The summed E-state index contributed by atoms with van der Waals surface area (Å²) in [6.45, 7) is 6.10. The summed E-state index contributed by atoms with van der Waals surface area (Å²) in [4.78, 5) is 2.33. The Morgan fingerprint density at radius 1 is 1.29 bits per heavy atom. The summed E-state index contributed by atoms with van der Waals surface area (Å²) >= 11 is 5.83. The van der Waals surface area contributed by atoms with Gasteiger partial charge in [0.1, 0.15) is 0 Å². The molecule has 1 aromatic rings. The number of β-amino-alcohol motifs (C(OH)–C–C–N with tert-alkyl or cyclic N) is 1. The van der Waals surface area contributed by atoms with Gasteiger partial charge in [-0.2, -0.15) is 0 Å². The Morgan fingerprint density at radius 3 is 2.52 bits per heavy atom. The van der Waals surface area contributed by atoms with Crippen LogP contribution in [-0.2, 0) is 11.3 Å². The van der Waals surface area contributed by atoms with Gasteiger partial charge in [-0.25, -0.2) is 0 Å². The van der Waals surface area contributed by atoms with Crippen LogP contribution in [0.4, 0.5) is 0 Å². The minimum absolute atomic E-state index is 0. The molecule has 3 nitrogen and oxygen atoms in total. The van der Waals surface area contributed by atoms with E-state index in [0.717, 1.165) is 29.6 Å². The van der Waals surface area contributed by atoms with E-state index in [-0.39, 0.29) is 12.4 Å². The van der Waals surface area contributed by atoms with Gasteiger partial charge in [0.15, 0.2) is 0 Å². The van der Waals surface area contributed by atoms with E-state index in [9.17, 15) is 5.11 Å². The predicted octanol–water partition coefficient (Wildman–Crippen LogP) is 3.37. The molecule has 0 bridgehead atoms. The Kier molecular flexibility index (Phi) is 8.60. The van der Waals surface area contributed by atoms with Crippen molar-refractivity contribution in [2.45, 2.75) is 32.5 Å². The number of rotatable bonds is 6. The standard InChI is InChI=1S/C16H24ClNO2.ClH/c1-13-6-8-18(9-7-13)10-16(19)12-20-11-14-2-4-15(17)5-3-14;/h2-5,13,16,19H,6-12H2,1H3;1H. The van der Waals surface area contributed by atoms with Gasteiger partial charge in [-0.1, -0.05) is 30.7 Å². The molecule has 1 aromatic carbocycles. The van der Waals surface area contributed by atoms with Gasteiger partial charge in [-0.15, -0.1) is 12.4 Å². The summed E-state index contributed by atoms with van der Waals surface area (Å²) in [6, 6.07) is 7.60. The third kappa shape index (κ3) is 6.98. The van der Waals surface area contributed by atoms with E-state index in [4.69, 9.17) is 16.3 Å². The number of hydrogen-bond donors (Lipinski definition) is 1. The van der Waals surface area contributed by atoms with Crippen molar-refractivity contribution in [2.75, 3.05) is 26.2 Å². The van der Waals surface area contributed by atoms with Crippen molar-refractivity contribution >= 4 is 24.0 Å². The fourth-order valence-corrected chi connectivity index (χ4v) is 2.61. The maximum Gasteiger partial charge on any atom is 0.0900 e. The Balaban J connectivity index is 0.00000220. The number of halogens is 2. The molecule has 21 heavy (non-hydrogen) atoms. The zero-order valence-corrected chi connectivity index (χ0v) is 14.1. The molecule has 1 aliphatic heterocycles. The number of ether oxygens (including phenoxy) is 1. The highest BCUT2D eigenvalue weighted by Crippen LogP contribution is 2.16. The van der Waals surface area contributed by atoms with Crippen LogP contribution in [0.1, 0.15) is 25.3 Å². The molecule has 1 aliphatic rings. The van der Waals surface area contributed by atoms with Gasteiger partial charge in [0.05, 0.1) is 19.3 Å². The first-order valence-electron chi connectivity index (χ1n) is 7.36. The van der Waals surface area contributed by atoms with Gasteiger partial charge in [0, 0.05) is 11.6 Å². The molecule has 0 spiro atoms. The van der Waals surface area contributed by atoms with Crippen LogP contribution in [0, 0.1) is 5.92 Å². The molecule has 1 saturated heterocycles. The number of benzene rings is 1. The molecule has 0 aliphatic carbocycles. The van der Waals surface area contributed by atoms with Crippen molar-refractivity contribution in [3.8, 4) is 0 Å². The van der Waals surface area contributed by atoms with Crippen LogP contribution in [0.3, 0.4) is 0 Å². The molecular formula is C16H25Cl2NO2. The van der Waals surface area contributed by atoms with Crippen molar-refractivity contribution < 1.29 is 9.84 Å². The molecule has 0 saturated carbocycles. The third-order valence-electron chi connectivity index (χ3n) is 3.84. The highest BCUT2D eigenvalue weighted by Gasteiger charge is 2.18. The summed E-state index contributed by atoms with van der Waals surface area (Å²) in [7, 11) is 0. The van der Waals surface area contributed by atoms with Gasteiger partial charge in [0.25, 0.3) is 0 Å². The molecule has 120 valence electrons. The van der Waals surface area contributed by atoms with E-state index < -0.39 is 6.10 Å². The van der Waals surface area contributed by atoms with Crippen LogP contribution < -0.4 is 0 Å². The summed E-state index contributed by atoms with van der Waals surface area (Å²) in [5, 5.41) is 10.7. The largest absolute Gasteiger partial charge is 0.389 e. The van der Waals surface area contributed by atoms with Crippen molar-refractivity contribution in [2.24, 2.45) is 5.92 Å². The maximum absolute atomic E-state index is 10.0. The topological polar surface area (TPSA) is 32.7 Å². The highest BCUT2D eigenvalue weighted by atomic mass is 35.5. The van der Waals surface area contributed by atoms with Crippen molar-refractivity contribution in [1.29, 1.82) is 0 Å². The second kappa shape index (κ2) is 9.65. The molecule has 1 heterocycles. The average molecular weight is 334 g/mol. The number of likely N-dealkylation sites (tertiary alicyclic amines) is 1. The molecular weight excluding hydrogens is 309 g/mol. The van der Waals surface area contributed by atoms with Crippen LogP contribution in [-0.4, -0.2) is 42.4 Å². The number of aliphatic hydroxyl groups excluding tert-OH is 1. The van der Waals surface area contributed by atoms with Crippen LogP contribution >= 0.6 is 24.0 Å². The van der Waals surface area contributed by atoms with E-state index in [1.54, 1.807) is 0 Å². The second-order valence-electron chi connectivity index (χ2n) is 5.78. The maximum atomic E-state index is 10.0. The number of hydrogen-bond acceptors (Lipinski definition) is 3. The molecule has 0 amide bonds. The van der Waals surface area contributed by atoms with Gasteiger partial charge in [-0.3, -0.25) is 0 Å². The Bertz CT molecular complexity index is 392.